The number of hydrogen-bond acceptors (Lipinski definition) is 6. The third kappa shape index (κ3) is 4.14. The fourth-order valence-electron chi connectivity index (χ4n) is 3.69. The van der Waals surface area contributed by atoms with E-state index >= 15 is 0 Å². The summed E-state index contributed by atoms with van der Waals surface area (Å²) in [5, 5.41) is 12.3. The van der Waals surface area contributed by atoms with Gasteiger partial charge in [-0.25, -0.2) is 4.98 Å². The molecule has 0 aliphatic rings. The number of aromatic nitrogens is 4. The number of benzene rings is 1. The zero-order valence-corrected chi connectivity index (χ0v) is 18.3. The van der Waals surface area contributed by atoms with Crippen molar-refractivity contribution in [3.05, 3.63) is 59.0 Å². The monoisotopic (exact) mass is 419 g/mol. The Morgan fingerprint density at radius 1 is 1.19 bits per heavy atom. The van der Waals surface area contributed by atoms with Gasteiger partial charge in [-0.2, -0.15) is 5.10 Å². The van der Waals surface area contributed by atoms with Gasteiger partial charge in [-0.05, 0) is 52.0 Å². The first kappa shape index (κ1) is 20.6. The molecule has 4 rings (SSSR count). The molecule has 3 aromatic heterocycles. The average molecular weight is 419 g/mol. The van der Waals surface area contributed by atoms with Crippen LogP contribution in [0.1, 0.15) is 34.4 Å². The number of pyridine rings is 1. The summed E-state index contributed by atoms with van der Waals surface area (Å²) in [7, 11) is 1.61. The molecule has 0 unspecified atom stereocenters. The summed E-state index contributed by atoms with van der Waals surface area (Å²) in [6.45, 7) is 8.31. The van der Waals surface area contributed by atoms with Crippen molar-refractivity contribution in [3.8, 4) is 17.0 Å². The van der Waals surface area contributed by atoms with Crippen LogP contribution < -0.4 is 10.1 Å². The molecule has 31 heavy (non-hydrogen) atoms. The van der Waals surface area contributed by atoms with Gasteiger partial charge in [0.2, 0.25) is 0 Å². The lowest BCUT2D eigenvalue weighted by Gasteiger charge is -2.16. The molecule has 8 nitrogen and oxygen atoms in total. The Kier molecular flexibility index (Phi) is 5.46. The van der Waals surface area contributed by atoms with Gasteiger partial charge in [0.05, 0.1) is 30.3 Å². The molecule has 1 aromatic carbocycles. The van der Waals surface area contributed by atoms with E-state index < -0.39 is 0 Å². The van der Waals surface area contributed by atoms with Gasteiger partial charge < -0.3 is 14.6 Å². The van der Waals surface area contributed by atoms with Gasteiger partial charge in [-0.15, -0.1) is 0 Å². The minimum absolute atomic E-state index is 0.130. The summed E-state index contributed by atoms with van der Waals surface area (Å²) in [5.41, 5.74) is 4.83. The Morgan fingerprint density at radius 3 is 2.71 bits per heavy atom. The van der Waals surface area contributed by atoms with E-state index in [-0.39, 0.29) is 11.9 Å². The van der Waals surface area contributed by atoms with Gasteiger partial charge >= 0.3 is 0 Å². The third-order valence-corrected chi connectivity index (χ3v) is 5.09. The van der Waals surface area contributed by atoms with Gasteiger partial charge in [0.25, 0.3) is 11.6 Å². The molecule has 160 valence electrons. The summed E-state index contributed by atoms with van der Waals surface area (Å²) < 4.78 is 12.7. The summed E-state index contributed by atoms with van der Waals surface area (Å²) in [4.78, 5) is 17.7. The fraction of sp³-hybridized carbons (Fsp3) is 0.304. The lowest BCUT2D eigenvalue weighted by molar-refractivity contribution is 0.0937. The maximum atomic E-state index is 13.2. The Balaban J connectivity index is 1.68. The van der Waals surface area contributed by atoms with Crippen LogP contribution in [-0.2, 0) is 6.54 Å². The minimum atomic E-state index is -0.211. The van der Waals surface area contributed by atoms with Crippen molar-refractivity contribution in [1.82, 2.24) is 25.2 Å². The number of rotatable bonds is 6. The molecule has 8 heteroatoms. The molecule has 1 N–H and O–H groups in total. The smallest absolute Gasteiger partial charge is 0.259 e. The molecule has 0 radical (unpaired) electrons. The Hall–Kier alpha value is -3.68. The van der Waals surface area contributed by atoms with E-state index in [1.54, 1.807) is 13.2 Å². The van der Waals surface area contributed by atoms with Crippen LogP contribution in [0.4, 0.5) is 0 Å². The zero-order valence-electron chi connectivity index (χ0n) is 18.3. The van der Waals surface area contributed by atoms with Crippen LogP contribution >= 0.6 is 0 Å². The molecular formula is C23H25N5O3. The van der Waals surface area contributed by atoms with Crippen molar-refractivity contribution >= 4 is 17.0 Å². The van der Waals surface area contributed by atoms with Crippen LogP contribution in [-0.4, -0.2) is 39.0 Å². The minimum Gasteiger partial charge on any atom is -0.497 e. The topological polar surface area (TPSA) is 95.1 Å². The molecule has 0 aliphatic carbocycles. The Bertz CT molecular complexity index is 1260. The van der Waals surface area contributed by atoms with Crippen LogP contribution in [0, 0.1) is 20.8 Å². The highest BCUT2D eigenvalue weighted by Gasteiger charge is 2.22. The van der Waals surface area contributed by atoms with Gasteiger partial charge in [0, 0.05) is 23.0 Å². The highest BCUT2D eigenvalue weighted by Crippen LogP contribution is 2.32. The van der Waals surface area contributed by atoms with Crippen molar-refractivity contribution in [3.63, 3.8) is 0 Å². The van der Waals surface area contributed by atoms with Crippen molar-refractivity contribution in [2.24, 2.45) is 0 Å². The molecule has 0 fully saturated rings. The normalized spacial score (nSPS) is 12.2. The number of nitrogens with one attached hydrogen (secondary N) is 1. The molecule has 1 amide bonds. The third-order valence-electron chi connectivity index (χ3n) is 5.09. The predicted molar refractivity (Wildman–Crippen MR) is 117 cm³/mol. The molecule has 1 atom stereocenters. The van der Waals surface area contributed by atoms with E-state index in [1.807, 2.05) is 62.7 Å². The SMILES string of the molecule is COc1cccc(-c2noc3nc(C)cc(C(=O)N[C@H](C)Cn4nc(C)cc4C)c23)c1. The second kappa shape index (κ2) is 8.22. The second-order valence-corrected chi connectivity index (χ2v) is 7.74. The van der Waals surface area contributed by atoms with Crippen molar-refractivity contribution in [2.45, 2.75) is 40.3 Å². The summed E-state index contributed by atoms with van der Waals surface area (Å²) in [5.74, 6) is 0.482. The van der Waals surface area contributed by atoms with E-state index in [0.29, 0.717) is 40.3 Å². The largest absolute Gasteiger partial charge is 0.497 e. The number of carbonyl (C=O) groups excluding carboxylic acids is 1. The number of methoxy groups -OCH3 is 1. The van der Waals surface area contributed by atoms with E-state index in [2.05, 4.69) is 20.6 Å². The maximum absolute atomic E-state index is 13.2. The number of nitrogens with zero attached hydrogens (tertiary/aromatic N) is 4. The number of carbonyl (C=O) groups is 1. The van der Waals surface area contributed by atoms with E-state index in [4.69, 9.17) is 9.26 Å². The van der Waals surface area contributed by atoms with E-state index in [1.165, 1.54) is 0 Å². The van der Waals surface area contributed by atoms with Gasteiger partial charge in [0.15, 0.2) is 0 Å². The molecule has 0 aliphatic heterocycles. The molecule has 4 aromatic rings. The molecule has 0 saturated heterocycles. The zero-order chi connectivity index (χ0) is 22.1. The summed E-state index contributed by atoms with van der Waals surface area (Å²) in [6, 6.07) is 11.1. The maximum Gasteiger partial charge on any atom is 0.259 e. The van der Waals surface area contributed by atoms with Crippen molar-refractivity contribution in [1.29, 1.82) is 0 Å². The lowest BCUT2D eigenvalue weighted by Crippen LogP contribution is -2.36. The highest BCUT2D eigenvalue weighted by atomic mass is 16.5. The predicted octanol–water partition coefficient (Wildman–Crippen LogP) is 3.84. The van der Waals surface area contributed by atoms with Gasteiger partial charge in [0.1, 0.15) is 11.4 Å². The lowest BCUT2D eigenvalue weighted by atomic mass is 10.0. The standard InChI is InChI=1S/C23H25N5O3/c1-13-10-19(22(29)24-15(3)12-28-16(4)9-14(2)26-28)20-21(27-31-23(20)25-13)17-7-6-8-18(11-17)30-5/h6-11,15H,12H2,1-5H3,(H,24,29)/t15-/m1/s1. The molecule has 0 saturated carbocycles. The molecular weight excluding hydrogens is 394 g/mol. The van der Waals surface area contributed by atoms with Crippen LogP contribution in [0.5, 0.6) is 5.75 Å². The van der Waals surface area contributed by atoms with Crippen LogP contribution in [0.25, 0.3) is 22.4 Å². The highest BCUT2D eigenvalue weighted by molar-refractivity contribution is 6.09. The Labute approximate surface area is 180 Å². The first-order valence-corrected chi connectivity index (χ1v) is 10.1. The number of hydrogen-bond donors (Lipinski definition) is 1. The quantitative estimate of drug-likeness (QED) is 0.510. The summed E-state index contributed by atoms with van der Waals surface area (Å²) in [6.07, 6.45) is 0. The van der Waals surface area contributed by atoms with Crippen LogP contribution in [0.15, 0.2) is 40.9 Å². The average Bonchev–Trinajstić information content (AvgIpc) is 3.29. The van der Waals surface area contributed by atoms with Crippen molar-refractivity contribution in [2.75, 3.05) is 7.11 Å². The Morgan fingerprint density at radius 2 is 2.00 bits per heavy atom. The number of fused-ring (bicyclic) bond motifs is 1. The fourth-order valence-corrected chi connectivity index (χ4v) is 3.69. The molecule has 0 bridgehead atoms. The molecule has 3 heterocycles. The van der Waals surface area contributed by atoms with Crippen LogP contribution in [0.3, 0.4) is 0 Å². The first-order chi connectivity index (χ1) is 14.9. The summed E-state index contributed by atoms with van der Waals surface area (Å²) >= 11 is 0. The van der Waals surface area contributed by atoms with Gasteiger partial charge in [-0.1, -0.05) is 17.3 Å². The van der Waals surface area contributed by atoms with Crippen LogP contribution in [0.2, 0.25) is 0 Å². The van der Waals surface area contributed by atoms with Crippen molar-refractivity contribution < 1.29 is 14.1 Å². The van der Waals surface area contributed by atoms with E-state index in [0.717, 1.165) is 17.0 Å². The van der Waals surface area contributed by atoms with Gasteiger partial charge in [-0.3, -0.25) is 9.48 Å². The number of amides is 1. The molecule has 0 spiro atoms. The number of ether oxygens (including phenoxy) is 1. The first-order valence-electron chi connectivity index (χ1n) is 10.1. The second-order valence-electron chi connectivity index (χ2n) is 7.74. The van der Waals surface area contributed by atoms with E-state index in [9.17, 15) is 4.79 Å². The number of aryl methyl sites for hydroxylation is 3.